The van der Waals surface area contributed by atoms with Crippen molar-refractivity contribution in [3.05, 3.63) is 75.6 Å². The van der Waals surface area contributed by atoms with Crippen LogP contribution >= 0.6 is 0 Å². The van der Waals surface area contributed by atoms with Gasteiger partial charge in [0.05, 0.1) is 16.1 Å². The van der Waals surface area contributed by atoms with Gasteiger partial charge in [-0.05, 0) is 18.6 Å². The highest BCUT2D eigenvalue weighted by Crippen LogP contribution is 2.40. The molecule has 0 atom stereocenters. The lowest BCUT2D eigenvalue weighted by Gasteiger charge is -2.03. The third-order valence-electron chi connectivity index (χ3n) is 5.79. The van der Waals surface area contributed by atoms with Gasteiger partial charge in [0, 0.05) is 60.0 Å². The van der Waals surface area contributed by atoms with Gasteiger partial charge < -0.3 is 9.13 Å². The first-order valence-electron chi connectivity index (χ1n) is 9.66. The minimum atomic E-state index is -0.511. The van der Waals surface area contributed by atoms with Crippen molar-refractivity contribution in [3.8, 4) is 0 Å². The number of hydrogen-bond donors (Lipinski definition) is 1. The van der Waals surface area contributed by atoms with E-state index in [-0.39, 0.29) is 16.8 Å². The molecule has 2 amide bonds. The predicted octanol–water partition coefficient (Wildman–Crippen LogP) is 3.45. The summed E-state index contributed by atoms with van der Waals surface area (Å²) < 4.78 is 3.54. The highest BCUT2D eigenvalue weighted by molar-refractivity contribution is 6.50. The minimum absolute atomic E-state index is 0.0567. The van der Waals surface area contributed by atoms with E-state index < -0.39 is 16.7 Å². The molecule has 0 radical (unpaired) electrons. The number of hydrogen-bond acceptors (Lipinski definition) is 4. The summed E-state index contributed by atoms with van der Waals surface area (Å²) in [5, 5.41) is 15.3. The summed E-state index contributed by atoms with van der Waals surface area (Å²) >= 11 is 0. The topological polar surface area (TPSA) is 99.2 Å². The lowest BCUT2D eigenvalue weighted by atomic mass is 9.95. The number of aryl methyl sites for hydroxylation is 3. The molecule has 0 unspecified atom stereocenters. The molecule has 3 heterocycles. The zero-order chi connectivity index (χ0) is 22.0. The molecule has 0 fully saturated rings. The summed E-state index contributed by atoms with van der Waals surface area (Å²) in [6.07, 6.45) is 3.51. The maximum absolute atomic E-state index is 12.9. The van der Waals surface area contributed by atoms with Crippen LogP contribution in [0, 0.1) is 17.0 Å². The molecule has 31 heavy (non-hydrogen) atoms. The van der Waals surface area contributed by atoms with Gasteiger partial charge in [0.15, 0.2) is 0 Å². The quantitative estimate of drug-likeness (QED) is 0.315. The fourth-order valence-corrected chi connectivity index (χ4v) is 4.46. The van der Waals surface area contributed by atoms with Gasteiger partial charge in [-0.1, -0.05) is 24.3 Å². The summed E-state index contributed by atoms with van der Waals surface area (Å²) in [5.41, 5.74) is 4.02. The van der Waals surface area contributed by atoms with Crippen LogP contribution in [-0.4, -0.2) is 25.9 Å². The van der Waals surface area contributed by atoms with Crippen LogP contribution in [0.2, 0.25) is 0 Å². The highest BCUT2D eigenvalue weighted by Gasteiger charge is 2.35. The summed E-state index contributed by atoms with van der Waals surface area (Å²) in [5.74, 6) is -0.987. The average Bonchev–Trinajstić information content (AvgIpc) is 3.32. The van der Waals surface area contributed by atoms with Gasteiger partial charge in [-0.25, -0.2) is 0 Å². The van der Waals surface area contributed by atoms with Gasteiger partial charge in [0.25, 0.3) is 17.5 Å². The van der Waals surface area contributed by atoms with E-state index in [0.717, 1.165) is 16.5 Å². The molecule has 0 bridgehead atoms. The molecule has 1 N–H and O–H groups in total. The van der Waals surface area contributed by atoms with Crippen molar-refractivity contribution in [1.82, 2.24) is 14.5 Å². The van der Waals surface area contributed by atoms with Crippen LogP contribution in [0.4, 0.5) is 5.69 Å². The second-order valence-electron chi connectivity index (χ2n) is 7.79. The number of nitrogens with zero attached hydrogens (tertiary/aromatic N) is 3. The number of benzene rings is 2. The molecule has 154 valence electrons. The molecule has 2 aromatic heterocycles. The second-order valence-corrected chi connectivity index (χ2v) is 7.79. The molecule has 0 saturated carbocycles. The molecule has 0 spiro atoms. The monoisotopic (exact) mass is 414 g/mol. The van der Waals surface area contributed by atoms with Gasteiger partial charge in [0.2, 0.25) is 0 Å². The number of nitrogens with one attached hydrogen (secondary N) is 1. The lowest BCUT2D eigenvalue weighted by Crippen LogP contribution is -2.22. The van der Waals surface area contributed by atoms with Gasteiger partial charge in [-0.2, -0.15) is 0 Å². The Morgan fingerprint density at radius 1 is 0.903 bits per heavy atom. The van der Waals surface area contributed by atoms with Crippen LogP contribution in [0.25, 0.3) is 33.0 Å². The molecule has 8 heteroatoms. The summed E-state index contributed by atoms with van der Waals surface area (Å²) in [7, 11) is 3.58. The summed E-state index contributed by atoms with van der Waals surface area (Å²) in [6, 6.07) is 10.7. The highest BCUT2D eigenvalue weighted by atomic mass is 16.6. The normalized spacial score (nSPS) is 14.2. The van der Waals surface area contributed by atoms with Gasteiger partial charge in [-0.3, -0.25) is 25.0 Å². The molecular weight excluding hydrogens is 396 g/mol. The Morgan fingerprint density at radius 2 is 1.55 bits per heavy atom. The number of fused-ring (bicyclic) bond motifs is 2. The SMILES string of the molecule is Cc1ccc2c(C3=C(c4cn(C)c5c([N+](=O)[O-])cccc45)C(=O)NC3=O)cn(C)c2c1. The largest absolute Gasteiger partial charge is 0.350 e. The molecule has 0 saturated heterocycles. The Morgan fingerprint density at radius 3 is 2.23 bits per heavy atom. The van der Waals surface area contributed by atoms with E-state index in [9.17, 15) is 19.7 Å². The number of para-hydroxylation sites is 1. The van der Waals surface area contributed by atoms with Crippen molar-refractivity contribution < 1.29 is 14.5 Å². The van der Waals surface area contributed by atoms with E-state index in [1.54, 1.807) is 29.9 Å². The Balaban J connectivity index is 1.87. The van der Waals surface area contributed by atoms with Crippen LogP contribution in [0.5, 0.6) is 0 Å². The standard InChI is InChI=1S/C23H18N4O4/c1-12-7-8-13-15(10-25(2)18(13)9-12)19-20(23(29)24-22(19)28)16-11-26(3)21-14(16)5-4-6-17(21)27(30)31/h4-11H,1-3H3,(H,24,28,29). The molecule has 1 aliphatic heterocycles. The maximum atomic E-state index is 12.9. The number of nitro groups is 1. The van der Waals surface area contributed by atoms with Crippen LogP contribution in [0.15, 0.2) is 48.8 Å². The third-order valence-corrected chi connectivity index (χ3v) is 5.79. The Hall–Kier alpha value is -4.20. The van der Waals surface area contributed by atoms with E-state index in [0.29, 0.717) is 22.0 Å². The zero-order valence-electron chi connectivity index (χ0n) is 17.1. The molecule has 5 rings (SSSR count). The van der Waals surface area contributed by atoms with Crippen molar-refractivity contribution in [2.75, 3.05) is 0 Å². The molecule has 4 aromatic rings. The van der Waals surface area contributed by atoms with Crippen LogP contribution in [0.1, 0.15) is 16.7 Å². The van der Waals surface area contributed by atoms with Crippen molar-refractivity contribution in [1.29, 1.82) is 0 Å². The van der Waals surface area contributed by atoms with E-state index in [2.05, 4.69) is 5.32 Å². The van der Waals surface area contributed by atoms with Crippen LogP contribution in [-0.2, 0) is 23.7 Å². The molecule has 1 aliphatic rings. The summed E-state index contributed by atoms with van der Waals surface area (Å²) in [4.78, 5) is 36.9. The molecule has 8 nitrogen and oxygen atoms in total. The fourth-order valence-electron chi connectivity index (χ4n) is 4.46. The Labute approximate surface area is 176 Å². The van der Waals surface area contributed by atoms with E-state index in [1.165, 1.54) is 6.07 Å². The fraction of sp³-hybridized carbons (Fsp3) is 0.130. The van der Waals surface area contributed by atoms with Crippen molar-refractivity contribution in [2.45, 2.75) is 6.92 Å². The van der Waals surface area contributed by atoms with Crippen LogP contribution < -0.4 is 5.32 Å². The van der Waals surface area contributed by atoms with Crippen molar-refractivity contribution >= 4 is 50.5 Å². The average molecular weight is 414 g/mol. The number of nitro benzene ring substituents is 1. The first-order chi connectivity index (χ1) is 14.8. The van der Waals surface area contributed by atoms with Crippen molar-refractivity contribution in [3.63, 3.8) is 0 Å². The number of carbonyl (C=O) groups excluding carboxylic acids is 2. The van der Waals surface area contributed by atoms with E-state index in [1.807, 2.05) is 42.9 Å². The van der Waals surface area contributed by atoms with E-state index >= 15 is 0 Å². The first kappa shape index (κ1) is 18.8. The Bertz CT molecular complexity index is 1500. The number of non-ortho nitro benzene ring substituents is 1. The molecule has 0 aliphatic carbocycles. The third kappa shape index (κ3) is 2.61. The number of carbonyl (C=O) groups is 2. The molecule has 2 aromatic carbocycles. The predicted molar refractivity (Wildman–Crippen MR) is 117 cm³/mol. The smallest absolute Gasteiger partial charge is 0.293 e. The maximum Gasteiger partial charge on any atom is 0.293 e. The van der Waals surface area contributed by atoms with Gasteiger partial charge in [0.1, 0.15) is 5.52 Å². The lowest BCUT2D eigenvalue weighted by molar-refractivity contribution is -0.383. The second kappa shape index (κ2) is 6.40. The number of imide groups is 1. The number of amides is 2. The van der Waals surface area contributed by atoms with Gasteiger partial charge >= 0.3 is 0 Å². The summed E-state index contributed by atoms with van der Waals surface area (Å²) in [6.45, 7) is 1.99. The molecular formula is C23H18N4O4. The minimum Gasteiger partial charge on any atom is -0.350 e. The van der Waals surface area contributed by atoms with Crippen molar-refractivity contribution in [2.24, 2.45) is 14.1 Å². The first-order valence-corrected chi connectivity index (χ1v) is 9.66. The van der Waals surface area contributed by atoms with E-state index in [4.69, 9.17) is 0 Å². The van der Waals surface area contributed by atoms with Crippen LogP contribution in [0.3, 0.4) is 0 Å². The van der Waals surface area contributed by atoms with Gasteiger partial charge in [-0.15, -0.1) is 0 Å². The number of aromatic nitrogens is 2. The number of rotatable bonds is 3. The Kier molecular flexibility index (Phi) is 3.88. The zero-order valence-corrected chi connectivity index (χ0v) is 17.1.